The molecule has 5 nitrogen and oxygen atoms in total. The number of thiophene rings is 1. The van der Waals surface area contributed by atoms with Crippen LogP contribution in [0.25, 0.3) is 0 Å². The van der Waals surface area contributed by atoms with Crippen LogP contribution in [0.2, 0.25) is 0 Å². The van der Waals surface area contributed by atoms with E-state index in [0.29, 0.717) is 18.3 Å². The second-order valence-corrected chi connectivity index (χ2v) is 7.47. The maximum atomic E-state index is 12.7. The molecule has 22 heavy (non-hydrogen) atoms. The molecule has 1 aliphatic carbocycles. The predicted molar refractivity (Wildman–Crippen MR) is 85.5 cm³/mol. The number of aromatic nitrogens is 2. The number of rotatable bonds is 2. The molecule has 1 fully saturated rings. The van der Waals surface area contributed by atoms with Gasteiger partial charge in [-0.05, 0) is 37.1 Å². The monoisotopic (exact) mass is 314 g/mol. The van der Waals surface area contributed by atoms with Crippen LogP contribution < -0.4 is 5.73 Å². The molecule has 2 aromatic heterocycles. The van der Waals surface area contributed by atoms with Gasteiger partial charge in [0.05, 0.1) is 5.69 Å². The number of nitrogens with zero attached hydrogens (tertiary/aromatic N) is 3. The molecule has 1 amide bonds. The lowest BCUT2D eigenvalue weighted by Gasteiger charge is -2.28. The minimum atomic E-state index is 0.159. The van der Waals surface area contributed by atoms with E-state index in [2.05, 4.69) is 29.3 Å². The molecule has 0 saturated heterocycles. The van der Waals surface area contributed by atoms with E-state index in [1.54, 1.807) is 0 Å². The highest BCUT2D eigenvalue weighted by Gasteiger charge is 2.46. The van der Waals surface area contributed by atoms with Gasteiger partial charge in [0.15, 0.2) is 0 Å². The summed E-state index contributed by atoms with van der Waals surface area (Å²) in [7, 11) is 0. The van der Waals surface area contributed by atoms with Crippen molar-refractivity contribution in [3.05, 3.63) is 39.2 Å². The Kier molecular flexibility index (Phi) is 3.14. The summed E-state index contributed by atoms with van der Waals surface area (Å²) in [6.07, 6.45) is 1.75. The Balaban J connectivity index is 1.46. The van der Waals surface area contributed by atoms with Crippen LogP contribution in [0, 0.1) is 12.8 Å². The second kappa shape index (κ2) is 5.05. The molecule has 3 heterocycles. The number of aryl methyl sites for hydroxylation is 1. The zero-order valence-electron chi connectivity index (χ0n) is 12.5. The Bertz CT molecular complexity index is 741. The molecule has 0 radical (unpaired) electrons. The zero-order chi connectivity index (χ0) is 15.3. The van der Waals surface area contributed by atoms with E-state index in [-0.39, 0.29) is 11.8 Å². The molecule has 2 atom stereocenters. The van der Waals surface area contributed by atoms with Crippen LogP contribution >= 0.6 is 11.3 Å². The first kappa shape index (κ1) is 13.7. The van der Waals surface area contributed by atoms with E-state index in [4.69, 9.17) is 5.73 Å². The molecule has 1 aliphatic heterocycles. The summed E-state index contributed by atoms with van der Waals surface area (Å²) in [5, 5.41) is 8.02. The standard InChI is InChI=1S/C16H18N4OS/c1-9-2-3-14(22-9)11-7-12(11)16(21)20-5-4-13-10(8-20)6-15(17)19-18-13/h2-3,6,11-12H,4-5,7-8H2,1H3,(H2,17,19)/t11-,12+/m0/s1. The number of nitrogen functional groups attached to an aromatic ring is 1. The average molecular weight is 314 g/mol. The fraction of sp³-hybridized carbons (Fsp3) is 0.438. The van der Waals surface area contributed by atoms with E-state index in [1.165, 1.54) is 9.75 Å². The van der Waals surface area contributed by atoms with Crippen molar-refractivity contribution >= 4 is 23.1 Å². The summed E-state index contributed by atoms with van der Waals surface area (Å²) in [5.74, 6) is 1.28. The van der Waals surface area contributed by atoms with Crippen molar-refractivity contribution in [3.63, 3.8) is 0 Å². The van der Waals surface area contributed by atoms with E-state index in [1.807, 2.05) is 22.3 Å². The lowest BCUT2D eigenvalue weighted by Crippen LogP contribution is -2.37. The third kappa shape index (κ3) is 2.37. The molecule has 2 aromatic rings. The Labute approximate surface area is 133 Å². The van der Waals surface area contributed by atoms with Gasteiger partial charge in [-0.25, -0.2) is 0 Å². The van der Waals surface area contributed by atoms with Crippen molar-refractivity contribution in [2.75, 3.05) is 12.3 Å². The van der Waals surface area contributed by atoms with Gasteiger partial charge >= 0.3 is 0 Å². The third-order valence-corrected chi connectivity index (χ3v) is 5.64. The highest BCUT2D eigenvalue weighted by Crippen LogP contribution is 2.50. The minimum Gasteiger partial charge on any atom is -0.382 e. The van der Waals surface area contributed by atoms with Crippen molar-refractivity contribution in [2.24, 2.45) is 5.92 Å². The van der Waals surface area contributed by atoms with E-state index in [0.717, 1.165) is 30.6 Å². The highest BCUT2D eigenvalue weighted by atomic mass is 32.1. The van der Waals surface area contributed by atoms with Crippen LogP contribution in [0.15, 0.2) is 18.2 Å². The fourth-order valence-electron chi connectivity index (χ4n) is 3.20. The van der Waals surface area contributed by atoms with Gasteiger partial charge in [0.2, 0.25) is 5.91 Å². The Morgan fingerprint density at radius 2 is 2.27 bits per heavy atom. The molecular weight excluding hydrogens is 296 g/mol. The van der Waals surface area contributed by atoms with Crippen LogP contribution in [-0.4, -0.2) is 27.5 Å². The van der Waals surface area contributed by atoms with Gasteiger partial charge in [0, 0.05) is 41.1 Å². The molecular formula is C16H18N4OS. The van der Waals surface area contributed by atoms with Gasteiger partial charge in [0.25, 0.3) is 0 Å². The van der Waals surface area contributed by atoms with Gasteiger partial charge in [-0.3, -0.25) is 4.79 Å². The Morgan fingerprint density at radius 3 is 3.05 bits per heavy atom. The highest BCUT2D eigenvalue weighted by molar-refractivity contribution is 7.12. The molecule has 0 bridgehead atoms. The molecule has 2 aliphatic rings. The lowest BCUT2D eigenvalue weighted by molar-refractivity contribution is -0.133. The molecule has 6 heteroatoms. The van der Waals surface area contributed by atoms with Gasteiger partial charge in [-0.2, -0.15) is 5.10 Å². The first-order valence-corrected chi connectivity index (χ1v) is 8.39. The van der Waals surface area contributed by atoms with Crippen LogP contribution in [0.4, 0.5) is 5.82 Å². The maximum Gasteiger partial charge on any atom is 0.226 e. The zero-order valence-corrected chi connectivity index (χ0v) is 13.3. The third-order valence-electron chi connectivity index (χ3n) is 4.50. The SMILES string of the molecule is Cc1ccc([C@H]2C[C@H]2C(=O)N2CCc3nnc(N)cc3C2)s1. The Hall–Kier alpha value is -1.95. The van der Waals surface area contributed by atoms with E-state index >= 15 is 0 Å². The maximum absolute atomic E-state index is 12.7. The summed E-state index contributed by atoms with van der Waals surface area (Å²) < 4.78 is 0. The van der Waals surface area contributed by atoms with Crippen molar-refractivity contribution in [2.45, 2.75) is 32.2 Å². The molecule has 0 aromatic carbocycles. The molecule has 114 valence electrons. The van der Waals surface area contributed by atoms with Crippen molar-refractivity contribution < 1.29 is 4.79 Å². The topological polar surface area (TPSA) is 72.1 Å². The first-order chi connectivity index (χ1) is 10.6. The molecule has 2 N–H and O–H groups in total. The number of amides is 1. The Morgan fingerprint density at radius 1 is 1.41 bits per heavy atom. The van der Waals surface area contributed by atoms with Crippen molar-refractivity contribution in [3.8, 4) is 0 Å². The number of nitrogens with two attached hydrogens (primary N) is 1. The van der Waals surface area contributed by atoms with E-state index in [9.17, 15) is 4.79 Å². The summed E-state index contributed by atoms with van der Waals surface area (Å²) in [6, 6.07) is 6.15. The largest absolute Gasteiger partial charge is 0.382 e. The van der Waals surface area contributed by atoms with Crippen LogP contribution in [0.1, 0.15) is 33.4 Å². The first-order valence-electron chi connectivity index (χ1n) is 7.58. The lowest BCUT2D eigenvalue weighted by atomic mass is 10.1. The number of hydrogen-bond donors (Lipinski definition) is 1. The summed E-state index contributed by atoms with van der Waals surface area (Å²) in [4.78, 5) is 17.3. The summed E-state index contributed by atoms with van der Waals surface area (Å²) in [5.41, 5.74) is 7.71. The number of fused-ring (bicyclic) bond motifs is 1. The number of anilines is 1. The van der Waals surface area contributed by atoms with Gasteiger partial charge in [0.1, 0.15) is 5.82 Å². The smallest absolute Gasteiger partial charge is 0.226 e. The van der Waals surface area contributed by atoms with Gasteiger partial charge < -0.3 is 10.6 Å². The van der Waals surface area contributed by atoms with Crippen molar-refractivity contribution in [1.29, 1.82) is 0 Å². The summed E-state index contributed by atoms with van der Waals surface area (Å²) in [6.45, 7) is 3.46. The average Bonchev–Trinajstić information content (AvgIpc) is 3.20. The summed E-state index contributed by atoms with van der Waals surface area (Å²) >= 11 is 1.81. The number of carbonyl (C=O) groups excluding carboxylic acids is 1. The van der Waals surface area contributed by atoms with Crippen molar-refractivity contribution in [1.82, 2.24) is 15.1 Å². The molecule has 0 spiro atoms. The van der Waals surface area contributed by atoms with Gasteiger partial charge in [-0.1, -0.05) is 0 Å². The molecule has 0 unspecified atom stereocenters. The minimum absolute atomic E-state index is 0.159. The molecule has 4 rings (SSSR count). The van der Waals surface area contributed by atoms with Crippen LogP contribution in [-0.2, 0) is 17.8 Å². The van der Waals surface area contributed by atoms with Gasteiger partial charge in [-0.15, -0.1) is 16.4 Å². The predicted octanol–water partition coefficient (Wildman–Crippen LogP) is 2.12. The normalized spacial score (nSPS) is 23.2. The number of carbonyl (C=O) groups is 1. The fourth-order valence-corrected chi connectivity index (χ4v) is 4.26. The quantitative estimate of drug-likeness (QED) is 0.921. The molecule has 1 saturated carbocycles. The second-order valence-electron chi connectivity index (χ2n) is 6.15. The van der Waals surface area contributed by atoms with Crippen LogP contribution in [0.3, 0.4) is 0 Å². The van der Waals surface area contributed by atoms with E-state index < -0.39 is 0 Å². The number of hydrogen-bond acceptors (Lipinski definition) is 5. The van der Waals surface area contributed by atoms with Crippen LogP contribution in [0.5, 0.6) is 0 Å².